The largest absolute Gasteiger partial charge is 0.394 e. The molecule has 0 saturated heterocycles. The second-order valence-corrected chi connectivity index (χ2v) is 5.34. The van der Waals surface area contributed by atoms with Gasteiger partial charge in [0.05, 0.1) is 25.9 Å². The molecule has 4 heteroatoms. The molecule has 2 atom stereocenters. The van der Waals surface area contributed by atoms with Gasteiger partial charge in [-0.1, -0.05) is 38.1 Å². The Morgan fingerprint density at radius 1 is 1.05 bits per heavy atom. The standard InChI is InChI=1S/C16H27NO3/c1-12(2)14-4-6-15(7-5-14)16(19)13(3)17-8-10-20-11-9-18/h4-7,12-13,16-19H,8-11H2,1-3H3. The zero-order chi connectivity index (χ0) is 15.0. The van der Waals surface area contributed by atoms with Crippen LogP contribution in [0.4, 0.5) is 0 Å². The third-order valence-electron chi connectivity index (χ3n) is 3.37. The van der Waals surface area contributed by atoms with Crippen molar-refractivity contribution in [1.29, 1.82) is 0 Å². The lowest BCUT2D eigenvalue weighted by Gasteiger charge is -2.21. The fourth-order valence-corrected chi connectivity index (χ4v) is 2.00. The van der Waals surface area contributed by atoms with Crippen LogP contribution < -0.4 is 5.32 Å². The third-order valence-corrected chi connectivity index (χ3v) is 3.37. The Balaban J connectivity index is 2.41. The Morgan fingerprint density at radius 3 is 2.20 bits per heavy atom. The van der Waals surface area contributed by atoms with E-state index >= 15 is 0 Å². The molecule has 4 nitrogen and oxygen atoms in total. The predicted molar refractivity (Wildman–Crippen MR) is 80.9 cm³/mol. The van der Waals surface area contributed by atoms with E-state index in [0.717, 1.165) is 5.56 Å². The van der Waals surface area contributed by atoms with Crippen LogP contribution in [0, 0.1) is 0 Å². The highest BCUT2D eigenvalue weighted by atomic mass is 16.5. The maximum atomic E-state index is 10.3. The molecule has 0 radical (unpaired) electrons. The van der Waals surface area contributed by atoms with E-state index in [0.29, 0.717) is 25.7 Å². The van der Waals surface area contributed by atoms with E-state index in [9.17, 15) is 5.11 Å². The fraction of sp³-hybridized carbons (Fsp3) is 0.625. The third kappa shape index (κ3) is 5.59. The highest BCUT2D eigenvalue weighted by molar-refractivity contribution is 5.26. The quantitative estimate of drug-likeness (QED) is 0.604. The van der Waals surface area contributed by atoms with Crippen LogP contribution in [0.3, 0.4) is 0 Å². The lowest BCUT2D eigenvalue weighted by molar-refractivity contribution is 0.0849. The topological polar surface area (TPSA) is 61.7 Å². The molecule has 0 fully saturated rings. The highest BCUT2D eigenvalue weighted by Gasteiger charge is 2.15. The van der Waals surface area contributed by atoms with Crippen LogP contribution in [0.5, 0.6) is 0 Å². The molecule has 0 aromatic heterocycles. The van der Waals surface area contributed by atoms with Crippen LogP contribution in [0.2, 0.25) is 0 Å². The summed E-state index contributed by atoms with van der Waals surface area (Å²) in [5, 5.41) is 22.1. The van der Waals surface area contributed by atoms with Crippen molar-refractivity contribution in [2.45, 2.75) is 38.8 Å². The van der Waals surface area contributed by atoms with Crippen molar-refractivity contribution in [3.05, 3.63) is 35.4 Å². The van der Waals surface area contributed by atoms with Gasteiger partial charge in [-0.3, -0.25) is 0 Å². The first-order valence-corrected chi connectivity index (χ1v) is 7.26. The Kier molecular flexibility index (Phi) is 7.77. The number of aliphatic hydroxyl groups excluding tert-OH is 2. The van der Waals surface area contributed by atoms with Crippen molar-refractivity contribution in [3.8, 4) is 0 Å². The monoisotopic (exact) mass is 281 g/mol. The van der Waals surface area contributed by atoms with Crippen LogP contribution in [-0.4, -0.2) is 42.6 Å². The molecule has 0 heterocycles. The molecule has 2 unspecified atom stereocenters. The first-order chi connectivity index (χ1) is 9.56. The van der Waals surface area contributed by atoms with Gasteiger partial charge in [-0.2, -0.15) is 0 Å². The molecule has 0 aliphatic heterocycles. The lowest BCUT2D eigenvalue weighted by Crippen LogP contribution is -2.34. The molecular formula is C16H27NO3. The molecule has 0 aliphatic rings. The van der Waals surface area contributed by atoms with Gasteiger partial charge in [-0.05, 0) is 24.0 Å². The van der Waals surface area contributed by atoms with Gasteiger partial charge in [0, 0.05) is 12.6 Å². The van der Waals surface area contributed by atoms with Crippen molar-refractivity contribution in [3.63, 3.8) is 0 Å². The molecular weight excluding hydrogens is 254 g/mol. The minimum atomic E-state index is -0.533. The van der Waals surface area contributed by atoms with Crippen molar-refractivity contribution in [2.24, 2.45) is 0 Å². The summed E-state index contributed by atoms with van der Waals surface area (Å²) < 4.78 is 5.17. The van der Waals surface area contributed by atoms with E-state index in [1.54, 1.807) is 0 Å². The molecule has 0 spiro atoms. The second-order valence-electron chi connectivity index (χ2n) is 5.34. The van der Waals surface area contributed by atoms with E-state index in [-0.39, 0.29) is 12.6 Å². The van der Waals surface area contributed by atoms with Crippen molar-refractivity contribution >= 4 is 0 Å². The first-order valence-electron chi connectivity index (χ1n) is 7.26. The van der Waals surface area contributed by atoms with Crippen LogP contribution >= 0.6 is 0 Å². The normalized spacial score (nSPS) is 14.5. The summed E-state index contributed by atoms with van der Waals surface area (Å²) in [7, 11) is 0. The summed E-state index contributed by atoms with van der Waals surface area (Å²) >= 11 is 0. The van der Waals surface area contributed by atoms with E-state index in [2.05, 4.69) is 31.3 Å². The predicted octanol–water partition coefficient (Wildman–Crippen LogP) is 1.83. The molecule has 0 amide bonds. The molecule has 20 heavy (non-hydrogen) atoms. The Morgan fingerprint density at radius 2 is 1.65 bits per heavy atom. The van der Waals surface area contributed by atoms with E-state index < -0.39 is 6.10 Å². The smallest absolute Gasteiger partial charge is 0.0940 e. The van der Waals surface area contributed by atoms with Gasteiger partial charge in [0.25, 0.3) is 0 Å². The molecule has 3 N–H and O–H groups in total. The summed E-state index contributed by atoms with van der Waals surface area (Å²) in [6.07, 6.45) is -0.533. The number of ether oxygens (including phenoxy) is 1. The van der Waals surface area contributed by atoms with Gasteiger partial charge >= 0.3 is 0 Å². The van der Waals surface area contributed by atoms with Crippen LogP contribution in [0.25, 0.3) is 0 Å². The summed E-state index contributed by atoms with van der Waals surface area (Å²) in [4.78, 5) is 0. The molecule has 0 saturated carbocycles. The van der Waals surface area contributed by atoms with Gasteiger partial charge in [0.2, 0.25) is 0 Å². The SMILES string of the molecule is CC(C)c1ccc(C(O)C(C)NCCOCCO)cc1. The number of rotatable bonds is 9. The number of aliphatic hydroxyl groups is 2. The van der Waals surface area contributed by atoms with Gasteiger partial charge in [-0.25, -0.2) is 0 Å². The van der Waals surface area contributed by atoms with Gasteiger partial charge in [-0.15, -0.1) is 0 Å². The average molecular weight is 281 g/mol. The number of hydrogen-bond acceptors (Lipinski definition) is 4. The Labute approximate surface area is 121 Å². The van der Waals surface area contributed by atoms with Crippen molar-refractivity contribution < 1.29 is 14.9 Å². The van der Waals surface area contributed by atoms with Crippen molar-refractivity contribution in [1.82, 2.24) is 5.32 Å². The second kappa shape index (κ2) is 9.08. The first kappa shape index (κ1) is 17.1. The zero-order valence-electron chi connectivity index (χ0n) is 12.7. The fourth-order valence-electron chi connectivity index (χ4n) is 2.00. The van der Waals surface area contributed by atoms with E-state index in [1.807, 2.05) is 19.1 Å². The van der Waals surface area contributed by atoms with Crippen LogP contribution in [0.15, 0.2) is 24.3 Å². The average Bonchev–Trinajstić information content (AvgIpc) is 2.46. The Bertz CT molecular complexity index is 364. The number of benzene rings is 1. The van der Waals surface area contributed by atoms with Crippen LogP contribution in [-0.2, 0) is 4.74 Å². The van der Waals surface area contributed by atoms with Crippen LogP contribution in [0.1, 0.15) is 43.9 Å². The number of hydrogen-bond donors (Lipinski definition) is 3. The summed E-state index contributed by atoms with van der Waals surface area (Å²) in [6.45, 7) is 7.85. The van der Waals surface area contributed by atoms with E-state index in [1.165, 1.54) is 5.56 Å². The molecule has 1 aromatic rings. The molecule has 0 bridgehead atoms. The van der Waals surface area contributed by atoms with Gasteiger partial charge in [0.1, 0.15) is 0 Å². The molecule has 1 aromatic carbocycles. The lowest BCUT2D eigenvalue weighted by atomic mass is 9.98. The van der Waals surface area contributed by atoms with Gasteiger partial charge in [0.15, 0.2) is 0 Å². The van der Waals surface area contributed by atoms with E-state index in [4.69, 9.17) is 9.84 Å². The number of nitrogens with one attached hydrogen (secondary N) is 1. The highest BCUT2D eigenvalue weighted by Crippen LogP contribution is 2.20. The minimum absolute atomic E-state index is 0.0420. The zero-order valence-corrected chi connectivity index (χ0v) is 12.7. The molecule has 0 aliphatic carbocycles. The summed E-state index contributed by atoms with van der Waals surface area (Å²) in [6, 6.07) is 8.07. The minimum Gasteiger partial charge on any atom is -0.394 e. The Hall–Kier alpha value is -0.940. The maximum Gasteiger partial charge on any atom is 0.0940 e. The van der Waals surface area contributed by atoms with Crippen molar-refractivity contribution in [2.75, 3.05) is 26.4 Å². The summed E-state index contributed by atoms with van der Waals surface area (Å²) in [5.74, 6) is 0.500. The molecule has 1 rings (SSSR count). The summed E-state index contributed by atoms with van der Waals surface area (Å²) in [5.41, 5.74) is 2.20. The van der Waals surface area contributed by atoms with Gasteiger partial charge < -0.3 is 20.3 Å². The maximum absolute atomic E-state index is 10.3. The molecule has 114 valence electrons.